The maximum absolute atomic E-state index is 12.7. The Morgan fingerprint density at radius 2 is 1.75 bits per heavy atom. The zero-order valence-corrected chi connectivity index (χ0v) is 13.4. The molecule has 2 nitrogen and oxygen atoms in total. The first kappa shape index (κ1) is 14.7. The first-order valence-corrected chi connectivity index (χ1v) is 8.99. The molecule has 1 unspecified atom stereocenters. The zero-order valence-electron chi connectivity index (χ0n) is 12.7. The number of carbonyl (C=O) groups excluding carboxylic acids is 1. The molecule has 4 aliphatic rings. The summed E-state index contributed by atoms with van der Waals surface area (Å²) in [4.78, 5) is 12.7. The van der Waals surface area contributed by atoms with E-state index in [1.165, 1.54) is 38.5 Å². The molecule has 0 spiro atoms. The van der Waals surface area contributed by atoms with Crippen LogP contribution in [0.4, 0.5) is 0 Å². The molecule has 0 aromatic rings. The molecule has 0 aliphatic heterocycles. The predicted molar refractivity (Wildman–Crippen MR) is 82.7 cm³/mol. The molecule has 0 radical (unpaired) electrons. The average Bonchev–Trinajstić information content (AvgIpc) is 2.41. The molecule has 4 aliphatic carbocycles. The lowest BCUT2D eigenvalue weighted by atomic mass is 9.49. The summed E-state index contributed by atoms with van der Waals surface area (Å²) in [5.41, 5.74) is 0.0207. The lowest BCUT2D eigenvalue weighted by Crippen LogP contribution is -2.53. The van der Waals surface area contributed by atoms with Gasteiger partial charge in [0.05, 0.1) is 0 Å². The van der Waals surface area contributed by atoms with Gasteiger partial charge in [-0.1, -0.05) is 6.92 Å². The number of amides is 1. The van der Waals surface area contributed by atoms with E-state index in [2.05, 4.69) is 12.2 Å². The Kier molecular flexibility index (Phi) is 4.31. The van der Waals surface area contributed by atoms with E-state index in [0.29, 0.717) is 11.8 Å². The summed E-state index contributed by atoms with van der Waals surface area (Å²) in [6.45, 7) is 3.01. The van der Waals surface area contributed by atoms with Gasteiger partial charge < -0.3 is 5.32 Å². The van der Waals surface area contributed by atoms with E-state index in [0.717, 1.165) is 43.0 Å². The summed E-state index contributed by atoms with van der Waals surface area (Å²) < 4.78 is 0. The number of carbonyl (C=O) groups is 1. The summed E-state index contributed by atoms with van der Waals surface area (Å²) in [7, 11) is 0. The monoisotopic (exact) mass is 297 g/mol. The maximum atomic E-state index is 12.7. The van der Waals surface area contributed by atoms with Gasteiger partial charge in [0.2, 0.25) is 5.91 Å². The van der Waals surface area contributed by atoms with Crippen molar-refractivity contribution >= 4 is 17.5 Å². The van der Waals surface area contributed by atoms with E-state index in [9.17, 15) is 4.79 Å². The highest BCUT2D eigenvalue weighted by molar-refractivity contribution is 6.18. The molecule has 4 rings (SSSR count). The van der Waals surface area contributed by atoms with Gasteiger partial charge in [0, 0.05) is 17.8 Å². The second-order valence-electron chi connectivity index (χ2n) is 7.86. The van der Waals surface area contributed by atoms with Crippen molar-refractivity contribution < 1.29 is 4.79 Å². The van der Waals surface area contributed by atoms with Gasteiger partial charge in [0.25, 0.3) is 0 Å². The molecule has 4 saturated carbocycles. The number of hydrogen-bond donors (Lipinski definition) is 1. The van der Waals surface area contributed by atoms with Crippen LogP contribution in [0.1, 0.15) is 58.3 Å². The lowest BCUT2D eigenvalue weighted by molar-refractivity contribution is -0.146. The van der Waals surface area contributed by atoms with Crippen LogP contribution in [-0.4, -0.2) is 18.3 Å². The van der Waals surface area contributed by atoms with E-state index in [4.69, 9.17) is 11.6 Å². The Balaban J connectivity index is 1.50. The molecule has 114 valence electrons. The minimum atomic E-state index is 0.0207. The fraction of sp³-hybridized carbons (Fsp3) is 0.941. The topological polar surface area (TPSA) is 29.1 Å². The van der Waals surface area contributed by atoms with E-state index in [1.54, 1.807) is 0 Å². The molecule has 1 atom stereocenters. The fourth-order valence-electron chi connectivity index (χ4n) is 5.31. The van der Waals surface area contributed by atoms with Crippen molar-refractivity contribution in [3.8, 4) is 0 Å². The minimum Gasteiger partial charge on any atom is -0.356 e. The van der Waals surface area contributed by atoms with Crippen LogP contribution in [0.15, 0.2) is 0 Å². The number of alkyl halides is 1. The summed E-state index contributed by atoms with van der Waals surface area (Å²) >= 11 is 5.82. The van der Waals surface area contributed by atoms with Crippen LogP contribution >= 0.6 is 11.6 Å². The first-order valence-electron chi connectivity index (χ1n) is 8.45. The maximum Gasteiger partial charge on any atom is 0.226 e. The van der Waals surface area contributed by atoms with Gasteiger partial charge in [0.15, 0.2) is 0 Å². The van der Waals surface area contributed by atoms with Crippen molar-refractivity contribution in [2.75, 3.05) is 12.4 Å². The Morgan fingerprint density at radius 3 is 2.25 bits per heavy atom. The molecule has 3 heteroatoms. The number of nitrogens with one attached hydrogen (secondary N) is 1. The molecule has 1 N–H and O–H groups in total. The van der Waals surface area contributed by atoms with Crippen molar-refractivity contribution in [3.05, 3.63) is 0 Å². The summed E-state index contributed by atoms with van der Waals surface area (Å²) in [6, 6.07) is 0. The lowest BCUT2D eigenvalue weighted by Gasteiger charge is -2.55. The molecule has 0 aromatic carbocycles. The van der Waals surface area contributed by atoms with Gasteiger partial charge in [-0.15, -0.1) is 11.6 Å². The third-order valence-electron chi connectivity index (χ3n) is 5.94. The van der Waals surface area contributed by atoms with Crippen molar-refractivity contribution in [2.45, 2.75) is 58.3 Å². The predicted octanol–water partition coefficient (Wildman–Crippen LogP) is 3.97. The van der Waals surface area contributed by atoms with Crippen LogP contribution < -0.4 is 5.32 Å². The quantitative estimate of drug-likeness (QED) is 0.583. The van der Waals surface area contributed by atoms with Gasteiger partial charge >= 0.3 is 0 Å². The molecular formula is C17H28ClNO. The fourth-order valence-corrected chi connectivity index (χ4v) is 5.46. The SMILES string of the molecule is CC(CCl)CCCNC(=O)C12CC3CC(CC(C3)C1)C2. The van der Waals surface area contributed by atoms with E-state index >= 15 is 0 Å². The van der Waals surface area contributed by atoms with E-state index in [-0.39, 0.29) is 5.41 Å². The highest BCUT2D eigenvalue weighted by atomic mass is 35.5. The van der Waals surface area contributed by atoms with Crippen LogP contribution in [-0.2, 0) is 4.79 Å². The molecule has 0 heterocycles. The zero-order chi connectivity index (χ0) is 14.2. The molecule has 4 bridgehead atoms. The summed E-state index contributed by atoms with van der Waals surface area (Å²) in [5, 5.41) is 3.24. The second kappa shape index (κ2) is 5.87. The van der Waals surface area contributed by atoms with Crippen LogP contribution in [0.5, 0.6) is 0 Å². The van der Waals surface area contributed by atoms with E-state index in [1.807, 2.05) is 0 Å². The van der Waals surface area contributed by atoms with Crippen molar-refractivity contribution in [2.24, 2.45) is 29.1 Å². The molecular weight excluding hydrogens is 270 g/mol. The van der Waals surface area contributed by atoms with Crippen molar-refractivity contribution in [3.63, 3.8) is 0 Å². The van der Waals surface area contributed by atoms with Gasteiger partial charge in [-0.05, 0) is 75.0 Å². The van der Waals surface area contributed by atoms with Crippen LogP contribution in [0.2, 0.25) is 0 Å². The Bertz CT molecular complexity index is 333. The van der Waals surface area contributed by atoms with Gasteiger partial charge in [0.1, 0.15) is 0 Å². The number of hydrogen-bond acceptors (Lipinski definition) is 1. The normalized spacial score (nSPS) is 39.8. The van der Waals surface area contributed by atoms with Crippen LogP contribution in [0, 0.1) is 29.1 Å². The van der Waals surface area contributed by atoms with Gasteiger partial charge in [-0.25, -0.2) is 0 Å². The third kappa shape index (κ3) is 2.86. The summed E-state index contributed by atoms with van der Waals surface area (Å²) in [5.74, 6) is 4.21. The Morgan fingerprint density at radius 1 is 1.20 bits per heavy atom. The smallest absolute Gasteiger partial charge is 0.226 e. The number of halogens is 1. The Labute approximate surface area is 128 Å². The average molecular weight is 298 g/mol. The molecule has 1 amide bonds. The van der Waals surface area contributed by atoms with Gasteiger partial charge in [-0.2, -0.15) is 0 Å². The van der Waals surface area contributed by atoms with Crippen LogP contribution in [0.3, 0.4) is 0 Å². The largest absolute Gasteiger partial charge is 0.356 e. The standard InChI is InChI=1S/C17H28ClNO/c1-12(11-18)3-2-4-19-16(20)17-8-13-5-14(9-17)7-15(6-13)10-17/h12-15H,2-11H2,1H3,(H,19,20). The third-order valence-corrected chi connectivity index (χ3v) is 6.47. The number of rotatable bonds is 6. The molecule has 20 heavy (non-hydrogen) atoms. The highest BCUT2D eigenvalue weighted by Gasteiger charge is 2.54. The minimum absolute atomic E-state index is 0.0207. The second-order valence-corrected chi connectivity index (χ2v) is 8.16. The first-order chi connectivity index (χ1) is 9.61. The van der Waals surface area contributed by atoms with Crippen molar-refractivity contribution in [1.82, 2.24) is 5.32 Å². The molecule has 4 fully saturated rings. The highest BCUT2D eigenvalue weighted by Crippen LogP contribution is 2.60. The summed E-state index contributed by atoms with van der Waals surface area (Å²) in [6.07, 6.45) is 9.89. The van der Waals surface area contributed by atoms with E-state index < -0.39 is 0 Å². The molecule has 0 saturated heterocycles. The van der Waals surface area contributed by atoms with Crippen LogP contribution in [0.25, 0.3) is 0 Å². The Hall–Kier alpha value is -0.240. The van der Waals surface area contributed by atoms with Gasteiger partial charge in [-0.3, -0.25) is 4.79 Å². The van der Waals surface area contributed by atoms with Crippen molar-refractivity contribution in [1.29, 1.82) is 0 Å². The molecule has 0 aromatic heterocycles.